The number of nitrogens with one attached hydrogen (secondary N) is 1. The zero-order valence-corrected chi connectivity index (χ0v) is 23.4. The van der Waals surface area contributed by atoms with E-state index in [4.69, 9.17) is 39.5 Å². The van der Waals surface area contributed by atoms with Crippen LogP contribution in [-0.4, -0.2) is 43.6 Å². The van der Waals surface area contributed by atoms with Crippen molar-refractivity contribution in [3.8, 4) is 5.75 Å². The maximum atomic E-state index is 14.3. The fourth-order valence-corrected chi connectivity index (χ4v) is 6.47. The largest absolute Gasteiger partial charge is 0.489 e. The number of fused-ring (bicyclic) bond motifs is 2. The molecule has 0 bridgehead atoms. The van der Waals surface area contributed by atoms with Crippen molar-refractivity contribution >= 4 is 40.7 Å². The number of halogens is 4. The summed E-state index contributed by atoms with van der Waals surface area (Å²) in [4.78, 5) is 14.9. The van der Waals surface area contributed by atoms with Crippen LogP contribution in [0.5, 0.6) is 5.75 Å². The van der Waals surface area contributed by atoms with E-state index >= 15 is 0 Å². The number of ether oxygens (including phenoxy) is 1. The molecule has 0 aliphatic carbocycles. The second-order valence-electron chi connectivity index (χ2n) is 10.3. The lowest BCUT2D eigenvalue weighted by Crippen LogP contribution is -2.47. The number of nitrogens with zero attached hydrogens (tertiary/aromatic N) is 1. The minimum absolute atomic E-state index is 0.0132. The summed E-state index contributed by atoms with van der Waals surface area (Å²) in [7, 11) is 1.80. The van der Waals surface area contributed by atoms with Gasteiger partial charge in [0.1, 0.15) is 17.7 Å². The van der Waals surface area contributed by atoms with E-state index < -0.39 is 0 Å². The van der Waals surface area contributed by atoms with Gasteiger partial charge in [-0.1, -0.05) is 46.9 Å². The van der Waals surface area contributed by atoms with E-state index in [2.05, 4.69) is 5.32 Å². The van der Waals surface area contributed by atoms with Gasteiger partial charge in [-0.05, 0) is 92.9 Å². The highest BCUT2D eigenvalue weighted by atomic mass is 35.5. The quantitative estimate of drug-likeness (QED) is 0.317. The van der Waals surface area contributed by atoms with Gasteiger partial charge in [-0.2, -0.15) is 0 Å². The lowest BCUT2D eigenvalue weighted by molar-refractivity contribution is 0.0773. The summed E-state index contributed by atoms with van der Waals surface area (Å²) in [6, 6.07) is 17.5. The molecule has 1 fully saturated rings. The number of carbonyl (C=O) groups excluding carboxylic acids is 1. The molecule has 38 heavy (non-hydrogen) atoms. The predicted molar refractivity (Wildman–Crippen MR) is 151 cm³/mol. The van der Waals surface area contributed by atoms with Gasteiger partial charge in [0.2, 0.25) is 0 Å². The SMILES string of the molecule is CN(C[C@@H](CCC1Oc2ccc(F)cc2C12CCNCC2)c1ccc(Cl)c(Cl)c1)C(=O)c1cccc(Cl)c1. The van der Waals surface area contributed by atoms with E-state index in [1.807, 2.05) is 12.1 Å². The molecular weight excluding hydrogens is 546 g/mol. The Morgan fingerprint density at radius 1 is 1.08 bits per heavy atom. The van der Waals surface area contributed by atoms with Crippen LogP contribution in [-0.2, 0) is 5.41 Å². The van der Waals surface area contributed by atoms with E-state index in [1.54, 1.807) is 54.4 Å². The third-order valence-corrected chi connectivity index (χ3v) is 8.94. The van der Waals surface area contributed by atoms with E-state index in [0.29, 0.717) is 27.2 Å². The molecule has 2 heterocycles. The van der Waals surface area contributed by atoms with Crippen molar-refractivity contribution in [2.75, 3.05) is 26.7 Å². The first-order valence-corrected chi connectivity index (χ1v) is 14.0. The molecule has 5 rings (SSSR count). The molecule has 3 aromatic carbocycles. The van der Waals surface area contributed by atoms with Crippen LogP contribution < -0.4 is 10.1 Å². The Kier molecular flexibility index (Phi) is 8.20. The van der Waals surface area contributed by atoms with E-state index in [-0.39, 0.29) is 29.2 Å². The smallest absolute Gasteiger partial charge is 0.253 e. The number of amides is 1. The van der Waals surface area contributed by atoms with Crippen molar-refractivity contribution in [1.82, 2.24) is 10.2 Å². The first kappa shape index (κ1) is 27.3. The normalized spacial score (nSPS) is 18.6. The summed E-state index contributed by atoms with van der Waals surface area (Å²) in [6.07, 6.45) is 3.19. The van der Waals surface area contributed by atoms with Crippen molar-refractivity contribution in [2.45, 2.75) is 43.1 Å². The highest BCUT2D eigenvalue weighted by molar-refractivity contribution is 6.42. The molecule has 4 nitrogen and oxygen atoms in total. The molecule has 8 heteroatoms. The van der Waals surface area contributed by atoms with Gasteiger partial charge in [0, 0.05) is 41.1 Å². The molecule has 1 unspecified atom stereocenters. The third kappa shape index (κ3) is 5.53. The maximum absolute atomic E-state index is 14.3. The zero-order chi connectivity index (χ0) is 26.9. The summed E-state index contributed by atoms with van der Waals surface area (Å²) < 4.78 is 20.8. The van der Waals surface area contributed by atoms with Crippen LogP contribution in [0.3, 0.4) is 0 Å². The highest BCUT2D eigenvalue weighted by Crippen LogP contribution is 2.50. The summed E-state index contributed by atoms with van der Waals surface area (Å²) in [5, 5.41) is 4.92. The van der Waals surface area contributed by atoms with Gasteiger partial charge in [0.05, 0.1) is 10.0 Å². The molecule has 0 saturated carbocycles. The fourth-order valence-electron chi connectivity index (χ4n) is 5.97. The van der Waals surface area contributed by atoms with Gasteiger partial charge < -0.3 is 15.0 Å². The molecule has 0 aromatic heterocycles. The van der Waals surface area contributed by atoms with Crippen LogP contribution in [0.2, 0.25) is 15.1 Å². The third-order valence-electron chi connectivity index (χ3n) is 7.96. The summed E-state index contributed by atoms with van der Waals surface area (Å²) in [5.74, 6) is 0.423. The Bertz CT molecular complexity index is 1330. The number of hydrogen-bond acceptors (Lipinski definition) is 3. The van der Waals surface area contributed by atoms with Gasteiger partial charge in [-0.25, -0.2) is 4.39 Å². The zero-order valence-electron chi connectivity index (χ0n) is 21.2. The molecule has 1 spiro atoms. The van der Waals surface area contributed by atoms with Crippen LogP contribution in [0.4, 0.5) is 4.39 Å². The second kappa shape index (κ2) is 11.4. The molecular formula is C30H30Cl3FN2O2. The van der Waals surface area contributed by atoms with Crippen molar-refractivity contribution in [2.24, 2.45) is 0 Å². The van der Waals surface area contributed by atoms with Crippen LogP contribution in [0.15, 0.2) is 60.7 Å². The first-order valence-electron chi connectivity index (χ1n) is 12.9. The van der Waals surface area contributed by atoms with E-state index in [1.165, 1.54) is 6.07 Å². The molecule has 1 amide bonds. The van der Waals surface area contributed by atoms with Crippen LogP contribution in [0.1, 0.15) is 53.1 Å². The molecule has 2 aliphatic heterocycles. The van der Waals surface area contributed by atoms with Crippen LogP contribution in [0, 0.1) is 5.82 Å². The topological polar surface area (TPSA) is 41.6 Å². The summed E-state index contributed by atoms with van der Waals surface area (Å²) in [6.45, 7) is 2.21. The van der Waals surface area contributed by atoms with Crippen molar-refractivity contribution in [3.05, 3.63) is 98.2 Å². The lowest BCUT2D eigenvalue weighted by Gasteiger charge is -2.39. The van der Waals surface area contributed by atoms with E-state index in [0.717, 1.165) is 55.6 Å². The predicted octanol–water partition coefficient (Wildman–Crippen LogP) is 7.50. The van der Waals surface area contributed by atoms with Gasteiger partial charge in [-0.15, -0.1) is 0 Å². The minimum Gasteiger partial charge on any atom is -0.489 e. The molecule has 1 saturated heterocycles. The number of likely N-dealkylation sites (N-methyl/N-ethyl adjacent to an activating group) is 1. The number of carbonyl (C=O) groups is 1. The van der Waals surface area contributed by atoms with Crippen LogP contribution >= 0.6 is 34.8 Å². The lowest BCUT2D eigenvalue weighted by atomic mass is 9.69. The van der Waals surface area contributed by atoms with Gasteiger partial charge in [0.25, 0.3) is 5.91 Å². The number of hydrogen-bond donors (Lipinski definition) is 1. The summed E-state index contributed by atoms with van der Waals surface area (Å²) >= 11 is 18.7. The maximum Gasteiger partial charge on any atom is 0.253 e. The highest BCUT2D eigenvalue weighted by Gasteiger charge is 2.49. The summed E-state index contributed by atoms with van der Waals surface area (Å²) in [5.41, 5.74) is 2.29. The van der Waals surface area contributed by atoms with Gasteiger partial charge in [0.15, 0.2) is 0 Å². The molecule has 2 aliphatic rings. The first-order chi connectivity index (χ1) is 18.3. The Morgan fingerprint density at radius 3 is 2.61 bits per heavy atom. The van der Waals surface area contributed by atoms with Crippen molar-refractivity contribution in [3.63, 3.8) is 0 Å². The number of rotatable bonds is 7. The standard InChI is InChI=1S/C30H30Cl3FN2O2/c1-36(29(37)20-3-2-4-22(31)15-20)18-21(19-5-8-25(32)26(33)16-19)6-10-28-30(11-13-35-14-12-30)24-17-23(34)7-9-27(24)38-28/h2-5,7-9,15-17,21,28,35H,6,10-14,18H2,1H3/t21-,28?/m1/s1. The number of piperidine rings is 1. The Hall–Kier alpha value is -2.31. The van der Waals surface area contributed by atoms with Crippen molar-refractivity contribution < 1.29 is 13.9 Å². The molecule has 200 valence electrons. The van der Waals surface area contributed by atoms with Crippen LogP contribution in [0.25, 0.3) is 0 Å². The molecule has 2 atom stereocenters. The molecule has 3 aromatic rings. The Morgan fingerprint density at radius 2 is 1.87 bits per heavy atom. The minimum atomic E-state index is -0.235. The number of benzene rings is 3. The molecule has 1 N–H and O–H groups in total. The molecule has 0 radical (unpaired) electrons. The average molecular weight is 576 g/mol. The monoisotopic (exact) mass is 574 g/mol. The fraction of sp³-hybridized carbons (Fsp3) is 0.367. The van der Waals surface area contributed by atoms with Crippen molar-refractivity contribution in [1.29, 1.82) is 0 Å². The van der Waals surface area contributed by atoms with E-state index in [9.17, 15) is 9.18 Å². The average Bonchev–Trinajstić information content (AvgIpc) is 3.19. The van der Waals surface area contributed by atoms with Gasteiger partial charge >= 0.3 is 0 Å². The Balaban J connectivity index is 1.39. The second-order valence-corrected chi connectivity index (χ2v) is 11.5. The Labute approximate surface area is 238 Å². The van der Waals surface area contributed by atoms with Gasteiger partial charge in [-0.3, -0.25) is 4.79 Å².